The van der Waals surface area contributed by atoms with Crippen molar-refractivity contribution in [2.75, 3.05) is 6.61 Å². The molecular weight excluding hydrogens is 377 g/mol. The van der Waals surface area contributed by atoms with Crippen LogP contribution in [-0.4, -0.2) is 29.9 Å². The fourth-order valence-electron chi connectivity index (χ4n) is 1.81. The number of hydrogen-bond donors (Lipinski definition) is 0. The molecule has 1 heterocycles. The Labute approximate surface area is 146 Å². The molecule has 2 rings (SSSR count). The van der Waals surface area contributed by atoms with Gasteiger partial charge in [-0.05, 0) is 58.3 Å². The molecule has 0 amide bonds. The Kier molecular flexibility index (Phi) is 5.43. The van der Waals surface area contributed by atoms with Crippen LogP contribution in [0.1, 0.15) is 20.8 Å². The first kappa shape index (κ1) is 18.3. The van der Waals surface area contributed by atoms with E-state index >= 15 is 0 Å². The number of nitrogens with zero attached hydrogens (tertiary/aromatic N) is 3. The Bertz CT molecular complexity index is 665. The second-order valence-corrected chi connectivity index (χ2v) is 12.6. The zero-order chi connectivity index (χ0) is 17.3. The van der Waals surface area contributed by atoms with E-state index in [2.05, 4.69) is 60.0 Å². The topological polar surface area (TPSA) is 39.9 Å². The molecule has 1 aromatic heterocycles. The Balaban J connectivity index is 2.03. The molecule has 7 heteroatoms. The minimum atomic E-state index is -1.76. The molecule has 0 spiro atoms. The average Bonchev–Trinajstić information content (AvgIpc) is 2.79. The van der Waals surface area contributed by atoms with Crippen molar-refractivity contribution in [1.29, 1.82) is 0 Å². The van der Waals surface area contributed by atoms with Gasteiger partial charge in [0.25, 0.3) is 0 Å². The molecule has 1 aromatic carbocycles. The van der Waals surface area contributed by atoms with Crippen molar-refractivity contribution >= 4 is 24.2 Å². The van der Waals surface area contributed by atoms with Crippen LogP contribution in [0.5, 0.6) is 0 Å². The molecule has 0 saturated heterocycles. The van der Waals surface area contributed by atoms with Gasteiger partial charge >= 0.3 is 0 Å². The number of hydrogen-bond acceptors (Lipinski definition) is 3. The van der Waals surface area contributed by atoms with Gasteiger partial charge in [0.15, 0.2) is 12.9 Å². The van der Waals surface area contributed by atoms with Crippen LogP contribution in [0.2, 0.25) is 18.1 Å². The first-order valence-corrected chi connectivity index (χ1v) is 11.3. The maximum Gasteiger partial charge on any atom is 0.192 e. The van der Waals surface area contributed by atoms with E-state index in [0.29, 0.717) is 23.4 Å². The highest BCUT2D eigenvalue weighted by Crippen LogP contribution is 2.36. The Morgan fingerprint density at radius 3 is 2.35 bits per heavy atom. The summed E-state index contributed by atoms with van der Waals surface area (Å²) in [5, 5.41) is 9.00. The van der Waals surface area contributed by atoms with E-state index in [0.717, 1.165) is 5.56 Å². The molecule has 0 atom stereocenters. The van der Waals surface area contributed by atoms with E-state index < -0.39 is 8.32 Å². The zero-order valence-electron chi connectivity index (χ0n) is 14.2. The first-order chi connectivity index (χ1) is 10.6. The number of aromatic nitrogens is 3. The monoisotopic (exact) mass is 399 g/mol. The lowest BCUT2D eigenvalue weighted by atomic mass is 10.2. The molecular formula is C16H23BrFN3OSi. The Morgan fingerprint density at radius 1 is 1.17 bits per heavy atom. The summed E-state index contributed by atoms with van der Waals surface area (Å²) in [5.74, 6) is -0.264. The van der Waals surface area contributed by atoms with Crippen LogP contribution in [0.25, 0.3) is 11.3 Å². The fraction of sp³-hybridized carbons (Fsp3) is 0.500. The molecule has 0 aliphatic heterocycles. The number of rotatable bonds is 5. The molecule has 0 fully saturated rings. The second kappa shape index (κ2) is 6.82. The minimum Gasteiger partial charge on any atom is -0.415 e. The highest BCUT2D eigenvalue weighted by molar-refractivity contribution is 9.10. The predicted octanol–water partition coefficient (Wildman–Crippen LogP) is 4.87. The molecule has 0 aliphatic carbocycles. The molecule has 4 nitrogen and oxygen atoms in total. The first-order valence-electron chi connectivity index (χ1n) is 7.61. The number of halogens is 2. The molecule has 0 N–H and O–H groups in total. The van der Waals surface area contributed by atoms with Crippen LogP contribution in [0.3, 0.4) is 0 Å². The number of benzene rings is 1. The SMILES string of the molecule is CC(C)(C)[Si](C)(C)OCCn1nc(Br)c(-c2ccc(F)cc2)n1. The molecule has 0 radical (unpaired) electrons. The normalized spacial score (nSPS) is 12.7. The van der Waals surface area contributed by atoms with Crippen molar-refractivity contribution < 1.29 is 8.82 Å². The van der Waals surface area contributed by atoms with Crippen LogP contribution in [0, 0.1) is 5.82 Å². The summed E-state index contributed by atoms with van der Waals surface area (Å²) in [6.07, 6.45) is 0. The van der Waals surface area contributed by atoms with Crippen molar-refractivity contribution in [2.24, 2.45) is 0 Å². The van der Waals surface area contributed by atoms with Crippen LogP contribution in [0.15, 0.2) is 28.9 Å². The summed E-state index contributed by atoms with van der Waals surface area (Å²) < 4.78 is 19.8. The summed E-state index contributed by atoms with van der Waals surface area (Å²) in [7, 11) is -1.76. The quantitative estimate of drug-likeness (QED) is 0.673. The maximum atomic E-state index is 13.0. The molecule has 126 valence electrons. The van der Waals surface area contributed by atoms with Gasteiger partial charge in [-0.1, -0.05) is 20.8 Å². The van der Waals surface area contributed by atoms with Gasteiger partial charge in [-0.2, -0.15) is 9.90 Å². The van der Waals surface area contributed by atoms with Gasteiger partial charge in [0.05, 0.1) is 13.2 Å². The van der Waals surface area contributed by atoms with E-state index in [1.54, 1.807) is 16.9 Å². The average molecular weight is 400 g/mol. The third kappa shape index (κ3) is 4.48. The molecule has 0 unspecified atom stereocenters. The molecule has 23 heavy (non-hydrogen) atoms. The van der Waals surface area contributed by atoms with Crippen molar-refractivity contribution in [2.45, 2.75) is 45.4 Å². The highest BCUT2D eigenvalue weighted by Gasteiger charge is 2.36. The van der Waals surface area contributed by atoms with Crippen LogP contribution >= 0.6 is 15.9 Å². The standard InChI is InChI=1S/C16H23BrFN3OSi/c1-16(2,3)23(4,5)22-11-10-21-19-14(15(17)20-21)12-6-8-13(18)9-7-12/h6-9H,10-11H2,1-5H3. The van der Waals surface area contributed by atoms with Gasteiger partial charge in [0, 0.05) is 5.56 Å². The zero-order valence-corrected chi connectivity index (χ0v) is 16.8. The van der Waals surface area contributed by atoms with E-state index in [9.17, 15) is 4.39 Å². The van der Waals surface area contributed by atoms with Crippen LogP contribution in [-0.2, 0) is 11.0 Å². The lowest BCUT2D eigenvalue weighted by Gasteiger charge is -2.36. The third-order valence-electron chi connectivity index (χ3n) is 4.29. The van der Waals surface area contributed by atoms with Crippen molar-refractivity contribution in [3.8, 4) is 11.3 Å². The van der Waals surface area contributed by atoms with Crippen molar-refractivity contribution in [1.82, 2.24) is 15.0 Å². The van der Waals surface area contributed by atoms with E-state index in [1.165, 1.54) is 12.1 Å². The van der Waals surface area contributed by atoms with Gasteiger partial charge in [-0.15, -0.1) is 5.10 Å². The van der Waals surface area contributed by atoms with Gasteiger partial charge < -0.3 is 4.43 Å². The van der Waals surface area contributed by atoms with E-state index in [4.69, 9.17) is 4.43 Å². The summed E-state index contributed by atoms with van der Waals surface area (Å²) >= 11 is 3.42. The summed E-state index contributed by atoms with van der Waals surface area (Å²) in [6.45, 7) is 12.3. The minimum absolute atomic E-state index is 0.185. The van der Waals surface area contributed by atoms with Gasteiger partial charge in [0.2, 0.25) is 0 Å². The Morgan fingerprint density at radius 2 is 1.78 bits per heavy atom. The van der Waals surface area contributed by atoms with Crippen molar-refractivity contribution in [3.63, 3.8) is 0 Å². The molecule has 0 bridgehead atoms. The van der Waals surface area contributed by atoms with E-state index in [1.807, 2.05) is 0 Å². The smallest absolute Gasteiger partial charge is 0.192 e. The molecule has 0 saturated carbocycles. The van der Waals surface area contributed by atoms with Gasteiger partial charge in [0.1, 0.15) is 11.5 Å². The largest absolute Gasteiger partial charge is 0.415 e. The van der Waals surface area contributed by atoms with Crippen LogP contribution < -0.4 is 0 Å². The third-order valence-corrected chi connectivity index (χ3v) is 9.36. The Hall–Kier alpha value is -1.05. The lowest BCUT2D eigenvalue weighted by Crippen LogP contribution is -2.41. The van der Waals surface area contributed by atoms with Gasteiger partial charge in [-0.3, -0.25) is 0 Å². The predicted molar refractivity (Wildman–Crippen MR) is 96.3 cm³/mol. The van der Waals surface area contributed by atoms with Crippen molar-refractivity contribution in [3.05, 3.63) is 34.7 Å². The fourth-order valence-corrected chi connectivity index (χ4v) is 3.34. The molecule has 2 aromatic rings. The summed E-state index contributed by atoms with van der Waals surface area (Å²) in [4.78, 5) is 1.62. The second-order valence-electron chi connectivity index (χ2n) is 7.05. The van der Waals surface area contributed by atoms with E-state index in [-0.39, 0.29) is 10.9 Å². The highest BCUT2D eigenvalue weighted by atomic mass is 79.9. The molecule has 0 aliphatic rings. The van der Waals surface area contributed by atoms with Gasteiger partial charge in [-0.25, -0.2) is 4.39 Å². The van der Waals surface area contributed by atoms with Crippen LogP contribution in [0.4, 0.5) is 4.39 Å². The summed E-state index contributed by atoms with van der Waals surface area (Å²) in [5.41, 5.74) is 1.53. The lowest BCUT2D eigenvalue weighted by molar-refractivity contribution is 0.258. The maximum absolute atomic E-state index is 13.0. The summed E-state index contributed by atoms with van der Waals surface area (Å²) in [6, 6.07) is 6.23.